The highest BCUT2D eigenvalue weighted by molar-refractivity contribution is 4.86. The highest BCUT2D eigenvalue weighted by Crippen LogP contribution is 2.36. The number of rotatable bonds is 2. The molecule has 0 radical (unpaired) electrons. The van der Waals surface area contributed by atoms with Crippen LogP contribution >= 0.6 is 0 Å². The maximum atomic E-state index is 12.9. The Balaban J connectivity index is 1.97. The molecule has 1 fully saturated rings. The molecule has 2 rings (SSSR count). The van der Waals surface area contributed by atoms with Gasteiger partial charge in [-0.05, 0) is 24.8 Å². The van der Waals surface area contributed by atoms with E-state index in [0.717, 1.165) is 0 Å². The summed E-state index contributed by atoms with van der Waals surface area (Å²) in [4.78, 5) is 11.4. The minimum atomic E-state index is -2.51. The van der Waals surface area contributed by atoms with Gasteiger partial charge in [0.2, 0.25) is 5.92 Å². The second-order valence-electron chi connectivity index (χ2n) is 4.34. The summed E-state index contributed by atoms with van der Waals surface area (Å²) in [5.74, 6) is -2.36. The van der Waals surface area contributed by atoms with Gasteiger partial charge >= 0.3 is 0 Å². The van der Waals surface area contributed by atoms with Gasteiger partial charge < -0.3 is 0 Å². The highest BCUT2D eigenvalue weighted by atomic mass is 19.3. The average molecular weight is 228 g/mol. The van der Waals surface area contributed by atoms with Crippen molar-refractivity contribution in [2.24, 2.45) is 5.92 Å². The van der Waals surface area contributed by atoms with E-state index in [9.17, 15) is 13.6 Å². The normalized spacial score (nSPS) is 20.9. The maximum absolute atomic E-state index is 12.9. The molecule has 1 aromatic heterocycles. The van der Waals surface area contributed by atoms with Crippen molar-refractivity contribution < 1.29 is 8.78 Å². The van der Waals surface area contributed by atoms with Crippen LogP contribution in [0.15, 0.2) is 23.1 Å². The van der Waals surface area contributed by atoms with Gasteiger partial charge in [0.25, 0.3) is 5.56 Å². The molecular formula is C11H14F2N2O. The van der Waals surface area contributed by atoms with Crippen molar-refractivity contribution >= 4 is 0 Å². The summed E-state index contributed by atoms with van der Waals surface area (Å²) in [6, 6.07) is 3.01. The Labute approximate surface area is 92.1 Å². The van der Waals surface area contributed by atoms with Gasteiger partial charge in [0.05, 0.1) is 0 Å². The Morgan fingerprint density at radius 3 is 2.75 bits per heavy atom. The fourth-order valence-corrected chi connectivity index (χ4v) is 2.05. The Bertz CT molecular complexity index is 406. The van der Waals surface area contributed by atoms with Gasteiger partial charge in [-0.2, -0.15) is 5.10 Å². The molecule has 1 aromatic rings. The minimum absolute atomic E-state index is 0.0702. The smallest absolute Gasteiger partial charge is 0.266 e. The van der Waals surface area contributed by atoms with Gasteiger partial charge in [-0.25, -0.2) is 13.5 Å². The summed E-state index contributed by atoms with van der Waals surface area (Å²) in [5.41, 5.74) is -0.167. The zero-order valence-corrected chi connectivity index (χ0v) is 8.90. The number of alkyl halides is 2. The lowest BCUT2D eigenvalue weighted by Gasteiger charge is -2.28. The lowest BCUT2D eigenvalue weighted by Crippen LogP contribution is -2.30. The van der Waals surface area contributed by atoms with Gasteiger partial charge in [0, 0.05) is 31.6 Å². The second-order valence-corrected chi connectivity index (χ2v) is 4.34. The van der Waals surface area contributed by atoms with Crippen LogP contribution in [0.4, 0.5) is 8.78 Å². The molecule has 0 unspecified atom stereocenters. The first-order valence-electron chi connectivity index (χ1n) is 5.47. The van der Waals surface area contributed by atoms with Gasteiger partial charge in [0.15, 0.2) is 0 Å². The molecule has 88 valence electrons. The second kappa shape index (κ2) is 4.31. The molecule has 0 N–H and O–H groups in total. The van der Waals surface area contributed by atoms with E-state index in [0.29, 0.717) is 19.4 Å². The zero-order valence-electron chi connectivity index (χ0n) is 8.90. The molecule has 1 saturated carbocycles. The van der Waals surface area contributed by atoms with E-state index < -0.39 is 5.92 Å². The Morgan fingerprint density at radius 1 is 1.44 bits per heavy atom. The molecule has 3 nitrogen and oxygen atoms in total. The summed E-state index contributed by atoms with van der Waals surface area (Å²) >= 11 is 0. The van der Waals surface area contributed by atoms with Crippen LogP contribution in [0, 0.1) is 5.92 Å². The predicted octanol–water partition coefficient (Wildman–Crippen LogP) is 2.07. The summed E-state index contributed by atoms with van der Waals surface area (Å²) in [6.45, 7) is 0.454. The number of hydrogen-bond donors (Lipinski definition) is 0. The van der Waals surface area contributed by atoms with Gasteiger partial charge in [-0.1, -0.05) is 0 Å². The molecule has 0 aromatic carbocycles. The third kappa shape index (κ3) is 2.65. The molecule has 0 atom stereocenters. The summed E-state index contributed by atoms with van der Waals surface area (Å²) < 4.78 is 27.2. The Hall–Kier alpha value is -1.26. The van der Waals surface area contributed by atoms with Crippen LogP contribution in [-0.2, 0) is 6.54 Å². The molecular weight excluding hydrogens is 214 g/mol. The Morgan fingerprint density at radius 2 is 2.12 bits per heavy atom. The van der Waals surface area contributed by atoms with E-state index in [4.69, 9.17) is 0 Å². The fourth-order valence-electron chi connectivity index (χ4n) is 2.05. The molecule has 0 amide bonds. The lowest BCUT2D eigenvalue weighted by atomic mass is 9.87. The predicted molar refractivity (Wildman–Crippen MR) is 55.4 cm³/mol. The van der Waals surface area contributed by atoms with Crippen molar-refractivity contribution in [2.75, 3.05) is 0 Å². The van der Waals surface area contributed by atoms with E-state index in [1.807, 2.05) is 0 Å². The molecule has 1 aliphatic carbocycles. The summed E-state index contributed by atoms with van der Waals surface area (Å²) in [7, 11) is 0. The van der Waals surface area contributed by atoms with Gasteiger partial charge in [0.1, 0.15) is 0 Å². The van der Waals surface area contributed by atoms with Crippen LogP contribution < -0.4 is 5.56 Å². The first-order valence-corrected chi connectivity index (χ1v) is 5.47. The van der Waals surface area contributed by atoms with Crippen molar-refractivity contribution in [2.45, 2.75) is 38.2 Å². The van der Waals surface area contributed by atoms with Crippen molar-refractivity contribution in [1.82, 2.24) is 9.78 Å². The van der Waals surface area contributed by atoms with Crippen molar-refractivity contribution in [3.8, 4) is 0 Å². The SMILES string of the molecule is O=c1cccnn1CC1CCC(F)(F)CC1. The minimum Gasteiger partial charge on any atom is -0.268 e. The molecule has 5 heteroatoms. The molecule has 0 aliphatic heterocycles. The first-order chi connectivity index (χ1) is 7.57. The number of halogens is 2. The molecule has 0 saturated heterocycles. The van der Waals surface area contributed by atoms with E-state index in [1.54, 1.807) is 12.3 Å². The third-order valence-corrected chi connectivity index (χ3v) is 3.05. The molecule has 0 bridgehead atoms. The van der Waals surface area contributed by atoms with Gasteiger partial charge in [-0.3, -0.25) is 4.79 Å². The third-order valence-electron chi connectivity index (χ3n) is 3.05. The quantitative estimate of drug-likeness (QED) is 0.776. The van der Waals surface area contributed by atoms with Crippen molar-refractivity contribution in [3.05, 3.63) is 28.7 Å². The van der Waals surface area contributed by atoms with E-state index in [2.05, 4.69) is 5.10 Å². The monoisotopic (exact) mass is 228 g/mol. The summed E-state index contributed by atoms with van der Waals surface area (Å²) in [6.07, 6.45) is 2.34. The van der Waals surface area contributed by atoms with Crippen LogP contribution in [-0.4, -0.2) is 15.7 Å². The lowest BCUT2D eigenvalue weighted by molar-refractivity contribution is -0.0477. The number of hydrogen-bond acceptors (Lipinski definition) is 2. The molecule has 0 spiro atoms. The molecule has 1 heterocycles. The van der Waals surface area contributed by atoms with Crippen LogP contribution in [0.1, 0.15) is 25.7 Å². The Kier molecular flexibility index (Phi) is 3.03. The van der Waals surface area contributed by atoms with Crippen LogP contribution in [0.5, 0.6) is 0 Å². The van der Waals surface area contributed by atoms with Crippen LogP contribution in [0.3, 0.4) is 0 Å². The highest BCUT2D eigenvalue weighted by Gasteiger charge is 2.34. The number of nitrogens with zero attached hydrogens (tertiary/aromatic N) is 2. The van der Waals surface area contributed by atoms with Crippen LogP contribution in [0.2, 0.25) is 0 Å². The van der Waals surface area contributed by atoms with Gasteiger partial charge in [-0.15, -0.1) is 0 Å². The average Bonchev–Trinajstić information content (AvgIpc) is 2.24. The van der Waals surface area contributed by atoms with Crippen molar-refractivity contribution in [3.63, 3.8) is 0 Å². The molecule has 1 aliphatic rings. The number of aromatic nitrogens is 2. The zero-order chi connectivity index (χ0) is 11.6. The van der Waals surface area contributed by atoms with E-state index >= 15 is 0 Å². The van der Waals surface area contributed by atoms with E-state index in [1.165, 1.54) is 10.7 Å². The fraction of sp³-hybridized carbons (Fsp3) is 0.636. The summed E-state index contributed by atoms with van der Waals surface area (Å²) in [5, 5.41) is 3.93. The van der Waals surface area contributed by atoms with Crippen LogP contribution in [0.25, 0.3) is 0 Å². The maximum Gasteiger partial charge on any atom is 0.266 e. The largest absolute Gasteiger partial charge is 0.268 e. The molecule has 16 heavy (non-hydrogen) atoms. The standard InChI is InChI=1S/C11H14F2N2O/c12-11(13)5-3-9(4-6-11)8-15-10(16)2-1-7-14-15/h1-2,7,9H,3-6,8H2. The van der Waals surface area contributed by atoms with E-state index in [-0.39, 0.29) is 24.3 Å². The first kappa shape index (κ1) is 11.2. The topological polar surface area (TPSA) is 34.9 Å². The van der Waals surface area contributed by atoms with Crippen molar-refractivity contribution in [1.29, 1.82) is 0 Å².